The maximum Gasteiger partial charge on any atom is 0.321 e. The van der Waals surface area contributed by atoms with E-state index in [1.165, 1.54) is 6.21 Å². The summed E-state index contributed by atoms with van der Waals surface area (Å²) in [5.74, 6) is -1.48. The number of aliphatic imine (C=N–C) groups is 1. The van der Waals surface area contributed by atoms with Gasteiger partial charge in [-0.1, -0.05) is 18.2 Å². The highest BCUT2D eigenvalue weighted by molar-refractivity contribution is 5.79. The number of rotatable bonds is 2. The molecular formula is C10H13N5O. The van der Waals surface area contributed by atoms with E-state index in [-0.39, 0.29) is 5.82 Å². The van der Waals surface area contributed by atoms with E-state index in [0.29, 0.717) is 11.4 Å². The van der Waals surface area contributed by atoms with Crippen LogP contribution in [0.4, 0.5) is 5.69 Å². The molecule has 0 aromatic heterocycles. The molecule has 1 aromatic carbocycles. The van der Waals surface area contributed by atoms with Crippen LogP contribution >= 0.6 is 0 Å². The molecule has 0 fully saturated rings. The second kappa shape index (κ2) is 3.74. The molecule has 0 radical (unpaired) electrons. The number of anilines is 1. The predicted molar refractivity (Wildman–Crippen MR) is 62.0 cm³/mol. The van der Waals surface area contributed by atoms with Gasteiger partial charge >= 0.3 is 5.97 Å². The largest absolute Gasteiger partial charge is 0.395 e. The molecule has 1 heterocycles. The molecule has 0 spiro atoms. The van der Waals surface area contributed by atoms with Gasteiger partial charge in [0.25, 0.3) is 0 Å². The summed E-state index contributed by atoms with van der Waals surface area (Å²) in [6.07, 6.45) is 1.31. The normalized spacial score (nSPS) is 24.1. The third-order valence-electron chi connectivity index (χ3n) is 2.10. The molecule has 6 heteroatoms. The lowest BCUT2D eigenvalue weighted by Gasteiger charge is -2.30. The van der Waals surface area contributed by atoms with Gasteiger partial charge in [0.2, 0.25) is 0 Å². The number of benzene rings is 1. The van der Waals surface area contributed by atoms with E-state index >= 15 is 0 Å². The van der Waals surface area contributed by atoms with Crippen LogP contribution in [-0.2, 0) is 0 Å². The third kappa shape index (κ3) is 2.06. The highest BCUT2D eigenvalue weighted by Crippen LogP contribution is 2.14. The summed E-state index contributed by atoms with van der Waals surface area (Å²) in [5, 5.41) is 15.4. The Balaban J connectivity index is 2.15. The van der Waals surface area contributed by atoms with Gasteiger partial charge in [-0.15, -0.1) is 0 Å². The van der Waals surface area contributed by atoms with Crippen molar-refractivity contribution in [1.29, 1.82) is 0 Å². The molecule has 0 amide bonds. The fourth-order valence-electron chi connectivity index (χ4n) is 1.31. The number of nitrogens with one attached hydrogen (secondary N) is 2. The van der Waals surface area contributed by atoms with Crippen LogP contribution in [0.5, 0.6) is 0 Å². The SMILES string of the molecule is NC1=C(N)NC(O)(Nc2ccccc2)N=C1. The zero-order chi connectivity index (χ0) is 11.6. The summed E-state index contributed by atoms with van der Waals surface area (Å²) in [5.41, 5.74) is 12.1. The Hall–Kier alpha value is -2.21. The van der Waals surface area contributed by atoms with Crippen LogP contribution in [0.15, 0.2) is 46.8 Å². The van der Waals surface area contributed by atoms with E-state index in [0.717, 1.165) is 0 Å². The topological polar surface area (TPSA) is 109 Å². The van der Waals surface area contributed by atoms with Gasteiger partial charge in [-0.05, 0) is 12.1 Å². The first kappa shape index (κ1) is 10.3. The van der Waals surface area contributed by atoms with E-state index in [1.54, 1.807) is 12.1 Å². The van der Waals surface area contributed by atoms with Crippen molar-refractivity contribution in [3.05, 3.63) is 41.8 Å². The van der Waals surface area contributed by atoms with Gasteiger partial charge in [0.1, 0.15) is 5.82 Å². The maximum absolute atomic E-state index is 10.0. The second-order valence-electron chi connectivity index (χ2n) is 3.42. The van der Waals surface area contributed by atoms with Crippen LogP contribution in [0.2, 0.25) is 0 Å². The molecule has 0 saturated heterocycles. The summed E-state index contributed by atoms with van der Waals surface area (Å²) in [6.45, 7) is 0. The van der Waals surface area contributed by atoms with Crippen molar-refractivity contribution in [2.45, 2.75) is 5.97 Å². The highest BCUT2D eigenvalue weighted by atomic mass is 16.3. The summed E-state index contributed by atoms with van der Waals surface area (Å²) in [7, 11) is 0. The zero-order valence-corrected chi connectivity index (χ0v) is 8.51. The molecule has 7 N–H and O–H groups in total. The number of nitrogens with two attached hydrogens (primary N) is 2. The quantitative estimate of drug-likeness (QED) is 0.429. The Kier molecular flexibility index (Phi) is 2.41. The Morgan fingerprint density at radius 2 is 1.94 bits per heavy atom. The van der Waals surface area contributed by atoms with Crippen molar-refractivity contribution >= 4 is 11.9 Å². The van der Waals surface area contributed by atoms with E-state index in [9.17, 15) is 5.11 Å². The number of hydrogen-bond acceptors (Lipinski definition) is 6. The number of nitrogens with zero attached hydrogens (tertiary/aromatic N) is 1. The standard InChI is InChI=1S/C10H13N5O/c11-8-6-13-10(16,15-9(8)12)14-7-4-2-1-3-5-7/h1-6,14-16H,11-12H2. The van der Waals surface area contributed by atoms with Crippen LogP contribution in [0.1, 0.15) is 0 Å². The molecule has 2 rings (SSSR count). The van der Waals surface area contributed by atoms with Crippen LogP contribution < -0.4 is 22.1 Å². The molecule has 6 nitrogen and oxygen atoms in total. The minimum Gasteiger partial charge on any atom is -0.395 e. The highest BCUT2D eigenvalue weighted by Gasteiger charge is 2.28. The fraction of sp³-hybridized carbons (Fsp3) is 0.100. The van der Waals surface area contributed by atoms with E-state index in [2.05, 4.69) is 15.6 Å². The monoisotopic (exact) mass is 219 g/mol. The Bertz CT molecular complexity index is 442. The number of allylic oxidation sites excluding steroid dienone is 1. The zero-order valence-electron chi connectivity index (χ0n) is 8.51. The molecule has 0 bridgehead atoms. The van der Waals surface area contributed by atoms with Crippen molar-refractivity contribution in [3.63, 3.8) is 0 Å². The molecule has 0 saturated carbocycles. The maximum atomic E-state index is 10.0. The molecule has 1 atom stereocenters. The fourth-order valence-corrected chi connectivity index (χ4v) is 1.31. The Labute approximate surface area is 92.7 Å². The minimum absolute atomic E-state index is 0.181. The lowest BCUT2D eigenvalue weighted by molar-refractivity contribution is 0.0520. The van der Waals surface area contributed by atoms with Gasteiger partial charge < -0.3 is 27.2 Å². The predicted octanol–water partition coefficient (Wildman–Crippen LogP) is -0.537. The van der Waals surface area contributed by atoms with Crippen LogP contribution in [0, 0.1) is 0 Å². The van der Waals surface area contributed by atoms with Gasteiger partial charge in [0.05, 0.1) is 11.9 Å². The van der Waals surface area contributed by atoms with Gasteiger partial charge in [-0.25, -0.2) is 4.99 Å². The molecule has 0 aliphatic carbocycles. The van der Waals surface area contributed by atoms with Crippen molar-refractivity contribution in [3.8, 4) is 0 Å². The molecule has 1 aromatic rings. The molecule has 1 aliphatic heterocycles. The van der Waals surface area contributed by atoms with Gasteiger partial charge in [0.15, 0.2) is 0 Å². The molecule has 1 unspecified atom stereocenters. The average Bonchev–Trinajstić information content (AvgIpc) is 2.25. The van der Waals surface area contributed by atoms with E-state index in [1.807, 2.05) is 18.2 Å². The Morgan fingerprint density at radius 1 is 1.25 bits per heavy atom. The molecule has 1 aliphatic rings. The number of para-hydroxylation sites is 1. The van der Waals surface area contributed by atoms with Gasteiger partial charge in [-0.3, -0.25) is 0 Å². The number of aliphatic hydroxyl groups is 1. The first-order valence-corrected chi connectivity index (χ1v) is 4.73. The van der Waals surface area contributed by atoms with Gasteiger partial charge in [0, 0.05) is 5.69 Å². The number of hydrogen-bond donors (Lipinski definition) is 5. The molecule has 16 heavy (non-hydrogen) atoms. The van der Waals surface area contributed by atoms with Crippen LogP contribution in [0.3, 0.4) is 0 Å². The van der Waals surface area contributed by atoms with Crippen molar-refractivity contribution < 1.29 is 5.11 Å². The van der Waals surface area contributed by atoms with Crippen LogP contribution in [0.25, 0.3) is 0 Å². The summed E-state index contributed by atoms with van der Waals surface area (Å²) in [6, 6.07) is 9.15. The lowest BCUT2D eigenvalue weighted by atomic mass is 10.3. The van der Waals surface area contributed by atoms with Gasteiger partial charge in [-0.2, -0.15) is 0 Å². The minimum atomic E-state index is -1.66. The summed E-state index contributed by atoms with van der Waals surface area (Å²) < 4.78 is 0. The van der Waals surface area contributed by atoms with Crippen molar-refractivity contribution in [2.75, 3.05) is 5.32 Å². The summed E-state index contributed by atoms with van der Waals surface area (Å²) in [4.78, 5) is 3.83. The first-order chi connectivity index (χ1) is 7.59. The van der Waals surface area contributed by atoms with Crippen LogP contribution in [-0.4, -0.2) is 17.3 Å². The molecular weight excluding hydrogens is 206 g/mol. The lowest BCUT2D eigenvalue weighted by Crippen LogP contribution is -2.54. The van der Waals surface area contributed by atoms with E-state index < -0.39 is 5.97 Å². The average molecular weight is 219 g/mol. The first-order valence-electron chi connectivity index (χ1n) is 4.73. The van der Waals surface area contributed by atoms with Crippen molar-refractivity contribution in [2.24, 2.45) is 16.5 Å². The Morgan fingerprint density at radius 3 is 2.56 bits per heavy atom. The van der Waals surface area contributed by atoms with E-state index in [4.69, 9.17) is 11.5 Å². The third-order valence-corrected chi connectivity index (χ3v) is 2.10. The van der Waals surface area contributed by atoms with Crippen molar-refractivity contribution in [1.82, 2.24) is 5.32 Å². The smallest absolute Gasteiger partial charge is 0.321 e. The molecule has 84 valence electrons. The summed E-state index contributed by atoms with van der Waals surface area (Å²) >= 11 is 0. The second-order valence-corrected chi connectivity index (χ2v) is 3.42.